The Morgan fingerprint density at radius 2 is 1.94 bits per heavy atom. The number of nitrogens with zero attached hydrogens (tertiary/aromatic N) is 1. The van der Waals surface area contributed by atoms with Gasteiger partial charge in [0.15, 0.2) is 0 Å². The minimum atomic E-state index is -0.341. The van der Waals surface area contributed by atoms with Crippen molar-refractivity contribution in [3.8, 4) is 0 Å². The van der Waals surface area contributed by atoms with E-state index in [0.717, 1.165) is 25.9 Å². The molecule has 2 rings (SSSR count). The molecule has 4 heteroatoms. The number of carbonyl (C=O) groups is 1. The Bertz CT molecular complexity index is 463. The highest BCUT2D eigenvalue weighted by Crippen LogP contribution is 2.30. The standard InChI is InChI=1S/C14H17BrFNO/c1-14(2)5-7-17(8-6-14)13(18)10-3-4-12(16)11(15)9-10/h3-4,9H,5-8H2,1-2H3. The van der Waals surface area contributed by atoms with Crippen LogP contribution in [0.15, 0.2) is 22.7 Å². The molecule has 0 spiro atoms. The van der Waals surface area contributed by atoms with Crippen LogP contribution in [-0.4, -0.2) is 23.9 Å². The first-order valence-electron chi connectivity index (χ1n) is 6.13. The third-order valence-corrected chi connectivity index (χ3v) is 4.18. The van der Waals surface area contributed by atoms with Gasteiger partial charge in [0, 0.05) is 18.7 Å². The van der Waals surface area contributed by atoms with Gasteiger partial charge < -0.3 is 4.90 Å². The van der Waals surface area contributed by atoms with Gasteiger partial charge >= 0.3 is 0 Å². The molecule has 0 saturated carbocycles. The van der Waals surface area contributed by atoms with Gasteiger partial charge in [0.1, 0.15) is 5.82 Å². The van der Waals surface area contributed by atoms with Crippen LogP contribution in [0.1, 0.15) is 37.0 Å². The van der Waals surface area contributed by atoms with Crippen molar-refractivity contribution in [2.24, 2.45) is 5.41 Å². The molecule has 1 heterocycles. The summed E-state index contributed by atoms with van der Waals surface area (Å²) in [5.74, 6) is -0.350. The molecule has 1 fully saturated rings. The lowest BCUT2D eigenvalue weighted by Gasteiger charge is -2.37. The highest BCUT2D eigenvalue weighted by Gasteiger charge is 2.28. The van der Waals surface area contributed by atoms with Gasteiger partial charge in [0.25, 0.3) is 5.91 Å². The van der Waals surface area contributed by atoms with Crippen LogP contribution in [0, 0.1) is 11.2 Å². The maximum Gasteiger partial charge on any atom is 0.253 e. The zero-order chi connectivity index (χ0) is 13.3. The third-order valence-electron chi connectivity index (χ3n) is 3.57. The molecule has 1 aliphatic heterocycles. The fourth-order valence-corrected chi connectivity index (χ4v) is 2.51. The molecule has 0 unspecified atom stereocenters. The number of piperidine rings is 1. The topological polar surface area (TPSA) is 20.3 Å². The second-order valence-electron chi connectivity index (χ2n) is 5.59. The van der Waals surface area contributed by atoms with Gasteiger partial charge in [-0.05, 0) is 52.4 Å². The highest BCUT2D eigenvalue weighted by atomic mass is 79.9. The van der Waals surface area contributed by atoms with Crippen molar-refractivity contribution in [2.75, 3.05) is 13.1 Å². The van der Waals surface area contributed by atoms with Gasteiger partial charge in [-0.3, -0.25) is 4.79 Å². The van der Waals surface area contributed by atoms with Crippen LogP contribution in [0.25, 0.3) is 0 Å². The van der Waals surface area contributed by atoms with Gasteiger partial charge in [0.2, 0.25) is 0 Å². The molecule has 1 aromatic rings. The second-order valence-corrected chi connectivity index (χ2v) is 6.44. The number of carbonyl (C=O) groups excluding carboxylic acids is 1. The molecule has 0 radical (unpaired) electrons. The van der Waals surface area contributed by atoms with E-state index in [1.807, 2.05) is 4.90 Å². The number of benzene rings is 1. The molecule has 1 aromatic carbocycles. The van der Waals surface area contributed by atoms with E-state index >= 15 is 0 Å². The molecule has 98 valence electrons. The van der Waals surface area contributed by atoms with Crippen LogP contribution in [0.4, 0.5) is 4.39 Å². The van der Waals surface area contributed by atoms with E-state index < -0.39 is 0 Å². The summed E-state index contributed by atoms with van der Waals surface area (Å²) in [6, 6.07) is 4.42. The van der Waals surface area contributed by atoms with E-state index in [2.05, 4.69) is 29.8 Å². The molecule has 1 saturated heterocycles. The molecule has 1 aliphatic rings. The number of rotatable bonds is 1. The predicted molar refractivity (Wildman–Crippen MR) is 73.0 cm³/mol. The normalized spacial score (nSPS) is 18.8. The summed E-state index contributed by atoms with van der Waals surface area (Å²) < 4.78 is 13.5. The zero-order valence-corrected chi connectivity index (χ0v) is 12.3. The molecular formula is C14H17BrFNO. The fourth-order valence-electron chi connectivity index (χ4n) is 2.13. The summed E-state index contributed by atoms with van der Waals surface area (Å²) in [5.41, 5.74) is 0.864. The van der Waals surface area contributed by atoms with Gasteiger partial charge in [-0.1, -0.05) is 13.8 Å². The van der Waals surface area contributed by atoms with Crippen molar-refractivity contribution in [1.82, 2.24) is 4.90 Å². The van der Waals surface area contributed by atoms with Crippen LogP contribution in [-0.2, 0) is 0 Å². The molecule has 0 aromatic heterocycles. The molecule has 0 bridgehead atoms. The molecule has 18 heavy (non-hydrogen) atoms. The molecule has 0 atom stereocenters. The number of likely N-dealkylation sites (tertiary alicyclic amines) is 1. The molecular weight excluding hydrogens is 297 g/mol. The average molecular weight is 314 g/mol. The van der Waals surface area contributed by atoms with Crippen LogP contribution < -0.4 is 0 Å². The summed E-state index contributed by atoms with van der Waals surface area (Å²) >= 11 is 3.11. The van der Waals surface area contributed by atoms with Gasteiger partial charge in [-0.25, -0.2) is 4.39 Å². The Morgan fingerprint density at radius 3 is 2.50 bits per heavy atom. The average Bonchev–Trinajstić information content (AvgIpc) is 2.32. The van der Waals surface area contributed by atoms with E-state index in [0.29, 0.717) is 15.5 Å². The fraction of sp³-hybridized carbons (Fsp3) is 0.500. The van der Waals surface area contributed by atoms with Crippen LogP contribution in [0.2, 0.25) is 0 Å². The van der Waals surface area contributed by atoms with Crippen LogP contribution in [0.5, 0.6) is 0 Å². The second kappa shape index (κ2) is 5.00. The maximum absolute atomic E-state index is 13.1. The van der Waals surface area contributed by atoms with Crippen molar-refractivity contribution >= 4 is 21.8 Å². The first kappa shape index (κ1) is 13.5. The largest absolute Gasteiger partial charge is 0.339 e. The van der Waals surface area contributed by atoms with Gasteiger partial charge in [0.05, 0.1) is 4.47 Å². The number of amides is 1. The van der Waals surface area contributed by atoms with Crippen molar-refractivity contribution in [3.63, 3.8) is 0 Å². The number of halogens is 2. The van der Waals surface area contributed by atoms with Crippen molar-refractivity contribution in [1.29, 1.82) is 0 Å². The SMILES string of the molecule is CC1(C)CCN(C(=O)c2ccc(F)c(Br)c2)CC1. The summed E-state index contributed by atoms with van der Waals surface area (Å²) in [7, 11) is 0. The molecule has 0 N–H and O–H groups in total. The lowest BCUT2D eigenvalue weighted by atomic mass is 9.82. The zero-order valence-electron chi connectivity index (χ0n) is 10.7. The minimum absolute atomic E-state index is 0.00815. The Labute approximate surface area is 115 Å². The van der Waals surface area contributed by atoms with E-state index in [1.165, 1.54) is 6.07 Å². The predicted octanol–water partition coefficient (Wildman–Crippen LogP) is 3.85. The monoisotopic (exact) mass is 313 g/mol. The Hall–Kier alpha value is -0.900. The number of hydrogen-bond acceptors (Lipinski definition) is 1. The minimum Gasteiger partial charge on any atom is -0.339 e. The molecule has 2 nitrogen and oxygen atoms in total. The summed E-state index contributed by atoms with van der Waals surface area (Å²) in [5, 5.41) is 0. The van der Waals surface area contributed by atoms with Crippen molar-refractivity contribution in [3.05, 3.63) is 34.1 Å². The quantitative estimate of drug-likeness (QED) is 0.771. The molecule has 1 amide bonds. The highest BCUT2D eigenvalue weighted by molar-refractivity contribution is 9.10. The number of hydrogen-bond donors (Lipinski definition) is 0. The summed E-state index contributed by atoms with van der Waals surface area (Å²) in [6.45, 7) is 6.01. The van der Waals surface area contributed by atoms with Crippen molar-refractivity contribution in [2.45, 2.75) is 26.7 Å². The van der Waals surface area contributed by atoms with E-state index in [4.69, 9.17) is 0 Å². The van der Waals surface area contributed by atoms with Gasteiger partial charge in [-0.15, -0.1) is 0 Å². The first-order valence-corrected chi connectivity index (χ1v) is 6.93. The van der Waals surface area contributed by atoms with Crippen LogP contribution in [0.3, 0.4) is 0 Å². The Balaban J connectivity index is 2.10. The van der Waals surface area contributed by atoms with Gasteiger partial charge in [-0.2, -0.15) is 0 Å². The van der Waals surface area contributed by atoms with E-state index in [-0.39, 0.29) is 11.7 Å². The molecule has 0 aliphatic carbocycles. The van der Waals surface area contributed by atoms with Crippen molar-refractivity contribution < 1.29 is 9.18 Å². The smallest absolute Gasteiger partial charge is 0.253 e. The Morgan fingerprint density at radius 1 is 1.33 bits per heavy atom. The lowest BCUT2D eigenvalue weighted by molar-refractivity contribution is 0.0630. The lowest BCUT2D eigenvalue weighted by Crippen LogP contribution is -2.41. The van der Waals surface area contributed by atoms with E-state index in [9.17, 15) is 9.18 Å². The Kier molecular flexibility index (Phi) is 3.76. The van der Waals surface area contributed by atoms with Crippen LogP contribution >= 0.6 is 15.9 Å². The summed E-state index contributed by atoms with van der Waals surface area (Å²) in [6.07, 6.45) is 2.03. The third kappa shape index (κ3) is 2.91. The summed E-state index contributed by atoms with van der Waals surface area (Å²) in [4.78, 5) is 14.1. The van der Waals surface area contributed by atoms with E-state index in [1.54, 1.807) is 12.1 Å². The maximum atomic E-state index is 13.1. The first-order chi connectivity index (χ1) is 8.39.